The molecule has 31 heavy (non-hydrogen) atoms. The molecular weight excluding hydrogens is 432 g/mol. The molecule has 0 aliphatic carbocycles. The number of carbonyl (C=O) groups is 2. The van der Waals surface area contributed by atoms with E-state index in [1.54, 1.807) is 11.5 Å². The molecule has 2 N–H and O–H groups in total. The number of rotatable bonds is 5. The second kappa shape index (κ2) is 9.23. The number of imide groups is 1. The van der Waals surface area contributed by atoms with E-state index in [0.717, 1.165) is 39.8 Å². The fourth-order valence-electron chi connectivity index (χ4n) is 3.28. The number of nitrogens with one attached hydrogen (secondary N) is 2. The summed E-state index contributed by atoms with van der Waals surface area (Å²) in [6, 6.07) is 5.24. The van der Waals surface area contributed by atoms with Crippen LogP contribution in [-0.4, -0.2) is 33.8 Å². The normalized spacial score (nSPS) is 12.1. The van der Waals surface area contributed by atoms with Crippen LogP contribution in [0.1, 0.15) is 35.4 Å². The zero-order valence-electron chi connectivity index (χ0n) is 18.5. The van der Waals surface area contributed by atoms with Crippen molar-refractivity contribution in [3.05, 3.63) is 50.1 Å². The molecule has 2 aromatic heterocycles. The molecule has 0 bridgehead atoms. The minimum Gasteiger partial charge on any atom is -0.341 e. The molecule has 9 heteroatoms. The molecule has 1 atom stereocenters. The number of fused-ring (bicyclic) bond motifs is 1. The number of nitrogens with zero attached hydrogens (tertiary/aromatic N) is 2. The number of aryl methyl sites for hydroxylation is 4. The molecule has 0 radical (unpaired) electrons. The summed E-state index contributed by atoms with van der Waals surface area (Å²) in [6.07, 6.45) is 0.743. The van der Waals surface area contributed by atoms with E-state index in [1.807, 2.05) is 45.9 Å². The summed E-state index contributed by atoms with van der Waals surface area (Å²) in [7, 11) is 1.44. The van der Waals surface area contributed by atoms with E-state index >= 15 is 0 Å². The van der Waals surface area contributed by atoms with Crippen LogP contribution in [0.25, 0.3) is 15.9 Å². The third kappa shape index (κ3) is 4.52. The molecule has 0 fully saturated rings. The Morgan fingerprint density at radius 3 is 2.55 bits per heavy atom. The zero-order chi connectivity index (χ0) is 22.9. The summed E-state index contributed by atoms with van der Waals surface area (Å²) in [5, 5.41) is 5.06. The highest BCUT2D eigenvalue weighted by molar-refractivity contribution is 8.00. The number of thiophene rings is 1. The number of hydrogen-bond acceptors (Lipinski definition) is 6. The van der Waals surface area contributed by atoms with Crippen LogP contribution in [0.15, 0.2) is 28.2 Å². The highest BCUT2D eigenvalue weighted by Crippen LogP contribution is 2.32. The Balaban J connectivity index is 2.19. The fourth-order valence-corrected chi connectivity index (χ4v) is 5.36. The number of hydrogen-bond donors (Lipinski definition) is 2. The molecule has 1 unspecified atom stereocenters. The van der Waals surface area contributed by atoms with E-state index in [1.165, 1.54) is 18.4 Å². The van der Waals surface area contributed by atoms with E-state index in [-0.39, 0.29) is 5.56 Å². The van der Waals surface area contributed by atoms with Crippen LogP contribution in [0.4, 0.5) is 4.79 Å². The van der Waals surface area contributed by atoms with Crippen LogP contribution in [0.3, 0.4) is 0 Å². The van der Waals surface area contributed by atoms with E-state index < -0.39 is 17.2 Å². The third-order valence-corrected chi connectivity index (χ3v) is 7.31. The molecular formula is C22H26N4O3S2. The van der Waals surface area contributed by atoms with Crippen molar-refractivity contribution in [2.24, 2.45) is 0 Å². The number of amides is 3. The van der Waals surface area contributed by atoms with Gasteiger partial charge < -0.3 is 5.32 Å². The van der Waals surface area contributed by atoms with Crippen LogP contribution in [-0.2, 0) is 11.2 Å². The number of thioether (sulfide) groups is 1. The minimum atomic E-state index is -0.633. The van der Waals surface area contributed by atoms with Gasteiger partial charge in [0, 0.05) is 11.9 Å². The predicted molar refractivity (Wildman–Crippen MR) is 127 cm³/mol. The Hall–Kier alpha value is -2.65. The van der Waals surface area contributed by atoms with E-state index in [2.05, 4.69) is 10.6 Å². The van der Waals surface area contributed by atoms with E-state index in [4.69, 9.17) is 4.98 Å². The van der Waals surface area contributed by atoms with Crippen LogP contribution in [0, 0.1) is 20.8 Å². The van der Waals surface area contributed by atoms with Gasteiger partial charge in [0.2, 0.25) is 5.91 Å². The maximum Gasteiger partial charge on any atom is 0.321 e. The summed E-state index contributed by atoms with van der Waals surface area (Å²) in [6.45, 7) is 9.72. The van der Waals surface area contributed by atoms with Gasteiger partial charge >= 0.3 is 6.03 Å². The lowest BCUT2D eigenvalue weighted by atomic mass is 10.1. The lowest BCUT2D eigenvalue weighted by Gasteiger charge is -2.16. The van der Waals surface area contributed by atoms with Gasteiger partial charge in [0.05, 0.1) is 16.3 Å². The molecule has 0 spiro atoms. The maximum atomic E-state index is 13.7. The van der Waals surface area contributed by atoms with Crippen molar-refractivity contribution in [1.82, 2.24) is 20.2 Å². The van der Waals surface area contributed by atoms with Gasteiger partial charge in [-0.25, -0.2) is 9.78 Å². The largest absolute Gasteiger partial charge is 0.341 e. The van der Waals surface area contributed by atoms with Gasteiger partial charge in [0.15, 0.2) is 5.16 Å². The van der Waals surface area contributed by atoms with Gasteiger partial charge in [-0.3, -0.25) is 19.5 Å². The first-order valence-corrected chi connectivity index (χ1v) is 11.7. The molecule has 3 rings (SSSR count). The predicted octanol–water partition coefficient (Wildman–Crippen LogP) is 3.87. The average Bonchev–Trinajstić information content (AvgIpc) is 3.05. The summed E-state index contributed by atoms with van der Waals surface area (Å²) in [4.78, 5) is 44.1. The molecule has 3 amide bonds. The van der Waals surface area contributed by atoms with Gasteiger partial charge in [-0.15, -0.1) is 11.3 Å². The van der Waals surface area contributed by atoms with Gasteiger partial charge in [0.1, 0.15) is 4.83 Å². The molecule has 2 heterocycles. The summed E-state index contributed by atoms with van der Waals surface area (Å²) < 4.78 is 1.58. The quantitative estimate of drug-likeness (QED) is 0.447. The van der Waals surface area contributed by atoms with Gasteiger partial charge in [-0.1, -0.05) is 24.8 Å². The fraction of sp³-hybridized carbons (Fsp3) is 0.364. The number of benzene rings is 1. The van der Waals surface area contributed by atoms with Crippen LogP contribution in [0.2, 0.25) is 0 Å². The second-order valence-corrected chi connectivity index (χ2v) is 9.81. The lowest BCUT2D eigenvalue weighted by Crippen LogP contribution is -2.41. The topological polar surface area (TPSA) is 93.1 Å². The smallest absolute Gasteiger partial charge is 0.321 e. The highest BCUT2D eigenvalue weighted by Gasteiger charge is 2.23. The monoisotopic (exact) mass is 458 g/mol. The molecule has 0 saturated heterocycles. The van der Waals surface area contributed by atoms with Crippen LogP contribution < -0.4 is 16.2 Å². The Labute approximate surface area is 189 Å². The first kappa shape index (κ1) is 23.0. The van der Waals surface area contributed by atoms with Crippen molar-refractivity contribution in [1.29, 1.82) is 0 Å². The highest BCUT2D eigenvalue weighted by atomic mass is 32.2. The number of aromatic nitrogens is 2. The van der Waals surface area contributed by atoms with Crippen LogP contribution >= 0.6 is 23.1 Å². The number of urea groups is 1. The molecule has 164 valence electrons. The SMILES string of the molecule is CCc1c(C)sc2nc(SC(C)C(=O)NC(=O)NC)n(-c3ccc(C)c(C)c3)c(=O)c12. The summed E-state index contributed by atoms with van der Waals surface area (Å²) in [5.74, 6) is -0.457. The summed E-state index contributed by atoms with van der Waals surface area (Å²) >= 11 is 2.64. The van der Waals surface area contributed by atoms with Crippen LogP contribution in [0.5, 0.6) is 0 Å². The van der Waals surface area contributed by atoms with Crippen molar-refractivity contribution in [2.75, 3.05) is 7.05 Å². The average molecular weight is 459 g/mol. The van der Waals surface area contributed by atoms with Gasteiger partial charge in [-0.05, 0) is 62.9 Å². The Morgan fingerprint density at radius 1 is 1.23 bits per heavy atom. The molecule has 0 saturated carbocycles. The standard InChI is InChI=1S/C22H26N4O3S2/c1-7-16-13(4)30-19-17(16)20(28)26(15-9-8-11(2)12(3)10-15)22(25-19)31-14(5)18(27)24-21(29)23-6/h8-10,14H,7H2,1-6H3,(H2,23,24,27,29). The van der Waals surface area contributed by atoms with Crippen molar-refractivity contribution in [2.45, 2.75) is 51.4 Å². The van der Waals surface area contributed by atoms with Crippen molar-refractivity contribution >= 4 is 45.3 Å². The first-order chi connectivity index (χ1) is 14.7. The van der Waals surface area contributed by atoms with E-state index in [0.29, 0.717) is 21.1 Å². The minimum absolute atomic E-state index is 0.143. The third-order valence-electron chi connectivity index (χ3n) is 5.21. The Bertz CT molecular complexity index is 1230. The lowest BCUT2D eigenvalue weighted by molar-refractivity contribution is -0.119. The molecule has 0 aliphatic rings. The van der Waals surface area contributed by atoms with Crippen molar-refractivity contribution in [3.63, 3.8) is 0 Å². The molecule has 7 nitrogen and oxygen atoms in total. The molecule has 1 aromatic carbocycles. The van der Waals surface area contributed by atoms with Crippen molar-refractivity contribution < 1.29 is 9.59 Å². The molecule has 0 aliphatic heterocycles. The maximum absolute atomic E-state index is 13.7. The van der Waals surface area contributed by atoms with E-state index in [9.17, 15) is 14.4 Å². The number of carbonyl (C=O) groups excluding carboxylic acids is 2. The van der Waals surface area contributed by atoms with Crippen molar-refractivity contribution in [3.8, 4) is 5.69 Å². The van der Waals surface area contributed by atoms with Gasteiger partial charge in [0.25, 0.3) is 5.56 Å². The molecule has 3 aromatic rings. The summed E-state index contributed by atoms with van der Waals surface area (Å²) in [5.41, 5.74) is 3.75. The first-order valence-electron chi connectivity index (χ1n) is 9.99. The second-order valence-electron chi connectivity index (χ2n) is 7.30. The zero-order valence-corrected chi connectivity index (χ0v) is 20.1. The van der Waals surface area contributed by atoms with Gasteiger partial charge in [-0.2, -0.15) is 0 Å². The Kier molecular flexibility index (Phi) is 6.86. The Morgan fingerprint density at radius 2 is 1.94 bits per heavy atom.